The summed E-state index contributed by atoms with van der Waals surface area (Å²) < 4.78 is 43.2. The Hall–Kier alpha value is -2.35. The quantitative estimate of drug-likeness (QED) is 0.669. The van der Waals surface area contributed by atoms with Crippen LogP contribution in [0.5, 0.6) is 11.6 Å². The summed E-state index contributed by atoms with van der Waals surface area (Å²) in [6, 6.07) is 7.49. The van der Waals surface area contributed by atoms with Gasteiger partial charge in [-0.1, -0.05) is 17.7 Å². The highest BCUT2D eigenvalue weighted by Crippen LogP contribution is 2.31. The standard InChI is InChI=1S/C12H11F3N4O/c1-7-2-4-8(5-3-7)20-10-6-9(12(13,14)15)17-11(18-10)19-16/h2-6H,16H2,1H3,(H,17,18,19). The summed E-state index contributed by atoms with van der Waals surface area (Å²) in [6.45, 7) is 1.88. The molecule has 1 heterocycles. The van der Waals surface area contributed by atoms with Crippen LogP contribution in [0.4, 0.5) is 19.1 Å². The molecule has 1 aromatic carbocycles. The number of nitrogens with zero attached hydrogens (tertiary/aromatic N) is 2. The molecule has 0 aliphatic heterocycles. The van der Waals surface area contributed by atoms with Gasteiger partial charge in [0, 0.05) is 6.07 Å². The fourth-order valence-corrected chi connectivity index (χ4v) is 1.41. The van der Waals surface area contributed by atoms with Crippen LogP contribution < -0.4 is 16.0 Å². The van der Waals surface area contributed by atoms with Gasteiger partial charge in [0.25, 0.3) is 0 Å². The van der Waals surface area contributed by atoms with Crippen molar-refractivity contribution in [1.82, 2.24) is 9.97 Å². The second-order valence-electron chi connectivity index (χ2n) is 3.97. The fraction of sp³-hybridized carbons (Fsp3) is 0.167. The first-order valence-electron chi connectivity index (χ1n) is 5.56. The lowest BCUT2D eigenvalue weighted by Gasteiger charge is -2.10. The van der Waals surface area contributed by atoms with Gasteiger partial charge in [-0.2, -0.15) is 18.2 Å². The second-order valence-corrected chi connectivity index (χ2v) is 3.97. The molecule has 0 fully saturated rings. The Balaban J connectivity index is 2.33. The Morgan fingerprint density at radius 2 is 1.80 bits per heavy atom. The molecule has 0 saturated carbocycles. The number of aromatic nitrogens is 2. The molecule has 2 aromatic rings. The minimum atomic E-state index is -4.61. The molecular formula is C12H11F3N4O. The Labute approximate surface area is 112 Å². The van der Waals surface area contributed by atoms with Gasteiger partial charge in [-0.05, 0) is 19.1 Å². The van der Waals surface area contributed by atoms with Crippen molar-refractivity contribution < 1.29 is 17.9 Å². The van der Waals surface area contributed by atoms with Crippen LogP contribution in [0.1, 0.15) is 11.3 Å². The molecule has 5 nitrogen and oxygen atoms in total. The topological polar surface area (TPSA) is 73.1 Å². The summed E-state index contributed by atoms with van der Waals surface area (Å²) >= 11 is 0. The van der Waals surface area contributed by atoms with Crippen LogP contribution in [0.3, 0.4) is 0 Å². The van der Waals surface area contributed by atoms with Crippen LogP contribution in [0.15, 0.2) is 30.3 Å². The van der Waals surface area contributed by atoms with Gasteiger partial charge >= 0.3 is 6.18 Å². The number of nitrogen functional groups attached to an aromatic ring is 1. The zero-order valence-electron chi connectivity index (χ0n) is 10.4. The van der Waals surface area contributed by atoms with Crippen molar-refractivity contribution >= 4 is 5.95 Å². The lowest BCUT2D eigenvalue weighted by Crippen LogP contribution is -2.15. The van der Waals surface area contributed by atoms with E-state index in [0.29, 0.717) is 11.8 Å². The Kier molecular flexibility index (Phi) is 3.75. The van der Waals surface area contributed by atoms with Crippen LogP contribution in [-0.4, -0.2) is 9.97 Å². The van der Waals surface area contributed by atoms with Gasteiger partial charge in [-0.25, -0.2) is 10.8 Å². The van der Waals surface area contributed by atoms with E-state index in [1.165, 1.54) is 0 Å². The van der Waals surface area contributed by atoms with E-state index >= 15 is 0 Å². The molecule has 8 heteroatoms. The number of aryl methyl sites for hydroxylation is 1. The van der Waals surface area contributed by atoms with E-state index in [1.54, 1.807) is 24.3 Å². The van der Waals surface area contributed by atoms with Crippen molar-refractivity contribution in [2.24, 2.45) is 5.84 Å². The van der Waals surface area contributed by atoms with E-state index in [2.05, 4.69) is 9.97 Å². The third-order valence-electron chi connectivity index (χ3n) is 2.37. The first-order valence-corrected chi connectivity index (χ1v) is 5.56. The van der Waals surface area contributed by atoms with Crippen molar-refractivity contribution in [3.8, 4) is 11.6 Å². The molecule has 106 valence electrons. The van der Waals surface area contributed by atoms with E-state index < -0.39 is 11.9 Å². The SMILES string of the molecule is Cc1ccc(Oc2cc(C(F)(F)F)nc(NN)n2)cc1. The average molecular weight is 284 g/mol. The average Bonchev–Trinajstić information content (AvgIpc) is 2.40. The van der Waals surface area contributed by atoms with E-state index in [0.717, 1.165) is 5.56 Å². The number of nitrogens with two attached hydrogens (primary N) is 1. The van der Waals surface area contributed by atoms with Crippen molar-refractivity contribution in [3.05, 3.63) is 41.6 Å². The predicted octanol–water partition coefficient (Wildman–Crippen LogP) is 2.88. The number of halogens is 3. The number of hydrogen-bond acceptors (Lipinski definition) is 5. The largest absolute Gasteiger partial charge is 0.439 e. The molecule has 0 saturated heterocycles. The van der Waals surface area contributed by atoms with Gasteiger partial charge in [0.1, 0.15) is 5.75 Å². The highest BCUT2D eigenvalue weighted by molar-refractivity contribution is 5.34. The molecule has 0 spiro atoms. The van der Waals surface area contributed by atoms with E-state index in [-0.39, 0.29) is 11.8 Å². The maximum atomic E-state index is 12.7. The third-order valence-corrected chi connectivity index (χ3v) is 2.37. The molecule has 0 aliphatic rings. The molecule has 20 heavy (non-hydrogen) atoms. The molecule has 1 aromatic heterocycles. The molecule has 3 N–H and O–H groups in total. The number of anilines is 1. The van der Waals surface area contributed by atoms with E-state index in [1.807, 2.05) is 12.3 Å². The molecule has 2 rings (SSSR count). The van der Waals surface area contributed by atoms with Crippen molar-refractivity contribution in [1.29, 1.82) is 0 Å². The van der Waals surface area contributed by atoms with Crippen molar-refractivity contribution in [3.63, 3.8) is 0 Å². The molecule has 0 atom stereocenters. The molecule has 0 aliphatic carbocycles. The Bertz CT molecular complexity index is 599. The summed E-state index contributed by atoms with van der Waals surface area (Å²) in [6.07, 6.45) is -4.61. The first-order chi connectivity index (χ1) is 9.38. The fourth-order valence-electron chi connectivity index (χ4n) is 1.41. The zero-order valence-corrected chi connectivity index (χ0v) is 10.4. The van der Waals surface area contributed by atoms with Crippen molar-refractivity contribution in [2.45, 2.75) is 13.1 Å². The Morgan fingerprint density at radius 1 is 1.15 bits per heavy atom. The number of nitrogens with one attached hydrogen (secondary N) is 1. The number of rotatable bonds is 3. The summed E-state index contributed by atoms with van der Waals surface area (Å²) in [4.78, 5) is 6.94. The molecular weight excluding hydrogens is 273 g/mol. The lowest BCUT2D eigenvalue weighted by molar-refractivity contribution is -0.141. The summed E-state index contributed by atoms with van der Waals surface area (Å²) in [7, 11) is 0. The van der Waals surface area contributed by atoms with Crippen LogP contribution in [0.2, 0.25) is 0 Å². The molecule has 0 radical (unpaired) electrons. The van der Waals surface area contributed by atoms with E-state index in [9.17, 15) is 13.2 Å². The van der Waals surface area contributed by atoms with Crippen LogP contribution in [-0.2, 0) is 6.18 Å². The highest BCUT2D eigenvalue weighted by Gasteiger charge is 2.34. The normalized spacial score (nSPS) is 11.2. The summed E-state index contributed by atoms with van der Waals surface area (Å²) in [5.74, 6) is 4.79. The smallest absolute Gasteiger partial charge is 0.433 e. The highest BCUT2D eigenvalue weighted by atomic mass is 19.4. The maximum Gasteiger partial charge on any atom is 0.433 e. The number of hydrogen-bond donors (Lipinski definition) is 2. The number of ether oxygens (including phenoxy) is 1. The minimum absolute atomic E-state index is 0.246. The van der Waals surface area contributed by atoms with Gasteiger partial charge < -0.3 is 4.74 Å². The van der Waals surface area contributed by atoms with Crippen LogP contribution >= 0.6 is 0 Å². The number of benzene rings is 1. The lowest BCUT2D eigenvalue weighted by atomic mass is 10.2. The van der Waals surface area contributed by atoms with Gasteiger partial charge in [0.05, 0.1) is 0 Å². The van der Waals surface area contributed by atoms with Crippen molar-refractivity contribution in [2.75, 3.05) is 5.43 Å². The molecule has 0 bridgehead atoms. The van der Waals surface area contributed by atoms with Gasteiger partial charge in [0.15, 0.2) is 5.69 Å². The van der Waals surface area contributed by atoms with Gasteiger partial charge in [-0.3, -0.25) is 5.43 Å². The zero-order chi connectivity index (χ0) is 14.8. The minimum Gasteiger partial charge on any atom is -0.439 e. The molecule has 0 amide bonds. The molecule has 0 unspecified atom stereocenters. The van der Waals surface area contributed by atoms with Crippen LogP contribution in [0, 0.1) is 6.92 Å². The third kappa shape index (κ3) is 3.35. The van der Waals surface area contributed by atoms with Crippen LogP contribution in [0.25, 0.3) is 0 Å². The Morgan fingerprint density at radius 3 is 2.35 bits per heavy atom. The first kappa shape index (κ1) is 14.1. The second kappa shape index (κ2) is 5.33. The van der Waals surface area contributed by atoms with E-state index in [4.69, 9.17) is 10.6 Å². The predicted molar refractivity (Wildman–Crippen MR) is 66.1 cm³/mol. The number of hydrazine groups is 1. The number of alkyl halides is 3. The summed E-state index contributed by atoms with van der Waals surface area (Å²) in [5.41, 5.74) is 1.84. The monoisotopic (exact) mass is 284 g/mol. The van der Waals surface area contributed by atoms with Gasteiger partial charge in [0.2, 0.25) is 11.8 Å². The van der Waals surface area contributed by atoms with Gasteiger partial charge in [-0.15, -0.1) is 0 Å². The summed E-state index contributed by atoms with van der Waals surface area (Å²) in [5, 5.41) is 0. The maximum absolute atomic E-state index is 12.7.